The van der Waals surface area contributed by atoms with Crippen molar-refractivity contribution in [2.45, 2.75) is 0 Å². The van der Waals surface area contributed by atoms with E-state index in [-0.39, 0.29) is 0 Å². The molecule has 0 aliphatic carbocycles. The van der Waals surface area contributed by atoms with E-state index < -0.39 is 7.14 Å². The number of nitrogens with zero attached hydrogens (tertiary/aromatic N) is 2. The van der Waals surface area contributed by atoms with Crippen LogP contribution in [0.4, 0.5) is 0 Å². The zero-order valence-electron chi connectivity index (χ0n) is 31.5. The maximum Gasteiger partial charge on any atom is 0.171 e. The van der Waals surface area contributed by atoms with Gasteiger partial charge in [0.05, 0.1) is 16.7 Å². The second-order valence-electron chi connectivity index (χ2n) is 14.8. The molecule has 0 saturated heterocycles. The maximum atomic E-state index is 15.2. The van der Waals surface area contributed by atoms with Gasteiger partial charge in [0.25, 0.3) is 0 Å². The fourth-order valence-corrected chi connectivity index (χ4v) is 11.5. The van der Waals surface area contributed by atoms with Crippen molar-refractivity contribution in [3.05, 3.63) is 212 Å². The minimum atomic E-state index is -3.11. The van der Waals surface area contributed by atoms with Gasteiger partial charge in [-0.2, -0.15) is 0 Å². The molecule has 272 valence electrons. The van der Waals surface area contributed by atoms with Crippen molar-refractivity contribution >= 4 is 77.2 Å². The Kier molecular flexibility index (Phi) is 8.10. The fraction of sp³-hybridized carbons (Fsp3) is 0. The van der Waals surface area contributed by atoms with Crippen LogP contribution in [0.15, 0.2) is 212 Å². The first-order valence-electron chi connectivity index (χ1n) is 19.6. The highest BCUT2D eigenvalue weighted by molar-refractivity contribution is 7.85. The Morgan fingerprint density at radius 1 is 0.379 bits per heavy atom. The summed E-state index contributed by atoms with van der Waals surface area (Å²) in [6.45, 7) is 0. The van der Waals surface area contributed by atoms with Crippen LogP contribution in [0.1, 0.15) is 0 Å². The maximum absolute atomic E-state index is 15.2. The fourth-order valence-electron chi connectivity index (χ4n) is 8.89. The van der Waals surface area contributed by atoms with Crippen molar-refractivity contribution in [2.75, 3.05) is 0 Å². The lowest BCUT2D eigenvalue weighted by Gasteiger charge is -2.21. The zero-order valence-corrected chi connectivity index (χ0v) is 32.4. The molecule has 11 rings (SSSR count). The van der Waals surface area contributed by atoms with Gasteiger partial charge in [-0.05, 0) is 55.3 Å². The molecule has 0 atom stereocenters. The Bertz CT molecular complexity index is 3300. The summed E-state index contributed by atoms with van der Waals surface area (Å²) < 4.78 is 15.2. The average Bonchev–Trinajstić information content (AvgIpc) is 3.30. The number of benzene rings is 9. The van der Waals surface area contributed by atoms with E-state index in [2.05, 4.69) is 140 Å². The molecule has 2 aromatic heterocycles. The van der Waals surface area contributed by atoms with Gasteiger partial charge in [0.2, 0.25) is 0 Å². The van der Waals surface area contributed by atoms with Gasteiger partial charge < -0.3 is 4.57 Å². The molecule has 0 aliphatic heterocycles. The molecule has 0 aliphatic rings. The highest BCUT2D eigenvalue weighted by Gasteiger charge is 2.30. The summed E-state index contributed by atoms with van der Waals surface area (Å²) in [5.74, 6) is 0. The van der Waals surface area contributed by atoms with Crippen LogP contribution in [0.25, 0.3) is 87.6 Å². The van der Waals surface area contributed by atoms with E-state index in [4.69, 9.17) is 9.97 Å². The summed E-state index contributed by atoms with van der Waals surface area (Å²) in [4.78, 5) is 10.4. The molecule has 11 aromatic rings. The summed E-state index contributed by atoms with van der Waals surface area (Å²) in [5.41, 5.74) is 8.26. The summed E-state index contributed by atoms with van der Waals surface area (Å²) in [6.07, 6.45) is 1.96. The van der Waals surface area contributed by atoms with Crippen LogP contribution in [0.2, 0.25) is 0 Å². The Morgan fingerprint density at radius 3 is 1.43 bits per heavy atom. The average molecular weight is 759 g/mol. The second-order valence-corrected chi connectivity index (χ2v) is 17.6. The van der Waals surface area contributed by atoms with E-state index in [9.17, 15) is 0 Å². The van der Waals surface area contributed by atoms with E-state index >= 15 is 4.57 Å². The van der Waals surface area contributed by atoms with Crippen LogP contribution < -0.4 is 15.9 Å². The lowest BCUT2D eigenvalue weighted by atomic mass is 9.85. The first kappa shape index (κ1) is 34.1. The van der Waals surface area contributed by atoms with E-state index in [1.807, 2.05) is 72.9 Å². The van der Waals surface area contributed by atoms with Crippen LogP contribution >= 0.6 is 7.14 Å². The molecular formula is C54H35N2OP. The molecule has 3 nitrogen and oxygen atoms in total. The van der Waals surface area contributed by atoms with Crippen molar-refractivity contribution in [1.29, 1.82) is 0 Å². The standard InChI is InChI=1S/C54H35N2OP/c57-58(40-19-6-2-7-20-40,41-21-8-3-9-22-41)42-31-28-36(29-32-42)50-44-24-12-14-26-46(44)51(47-27-15-13-25-45(47)50)38-30-33-48-49(34-38)56-53(37-16-4-1-5-17-37)54-52(48)43-23-11-10-18-39(43)35-55-54/h1-35H. The molecule has 0 radical (unpaired) electrons. The molecule has 0 bridgehead atoms. The van der Waals surface area contributed by atoms with Gasteiger partial charge in [-0.1, -0.05) is 200 Å². The third-order valence-corrected chi connectivity index (χ3v) is 14.6. The first-order valence-corrected chi connectivity index (χ1v) is 21.3. The molecule has 4 heteroatoms. The predicted molar refractivity (Wildman–Crippen MR) is 245 cm³/mol. The smallest absolute Gasteiger partial charge is 0.171 e. The predicted octanol–water partition coefficient (Wildman–Crippen LogP) is 12.9. The van der Waals surface area contributed by atoms with Crippen molar-refractivity contribution in [3.8, 4) is 33.5 Å². The Labute approximate surface area is 336 Å². The van der Waals surface area contributed by atoms with Crippen LogP contribution in [0.5, 0.6) is 0 Å². The van der Waals surface area contributed by atoms with E-state index in [1.165, 1.54) is 10.9 Å². The van der Waals surface area contributed by atoms with E-state index in [0.29, 0.717) is 0 Å². The van der Waals surface area contributed by atoms with Crippen molar-refractivity contribution in [2.24, 2.45) is 0 Å². The Hall–Kier alpha value is -7.19. The minimum absolute atomic E-state index is 0.813. The van der Waals surface area contributed by atoms with Gasteiger partial charge in [0.1, 0.15) is 0 Å². The summed E-state index contributed by atoms with van der Waals surface area (Å²) in [5, 5.41) is 11.6. The molecule has 9 aromatic carbocycles. The number of aromatic nitrogens is 2. The van der Waals surface area contributed by atoms with Crippen molar-refractivity contribution in [1.82, 2.24) is 9.97 Å². The summed E-state index contributed by atoms with van der Waals surface area (Å²) in [6, 6.07) is 71.2. The van der Waals surface area contributed by atoms with Crippen LogP contribution in [-0.2, 0) is 4.57 Å². The number of hydrogen-bond acceptors (Lipinski definition) is 3. The molecule has 0 saturated carbocycles. The largest absolute Gasteiger partial charge is 0.309 e. The molecule has 0 N–H and O–H groups in total. The highest BCUT2D eigenvalue weighted by atomic mass is 31.2. The van der Waals surface area contributed by atoms with Crippen LogP contribution in [0.3, 0.4) is 0 Å². The quantitative estimate of drug-likeness (QED) is 0.0963. The van der Waals surface area contributed by atoms with Gasteiger partial charge in [-0.3, -0.25) is 4.98 Å². The van der Waals surface area contributed by atoms with Crippen LogP contribution in [0, 0.1) is 0 Å². The lowest BCUT2D eigenvalue weighted by Crippen LogP contribution is -2.24. The van der Waals surface area contributed by atoms with Gasteiger partial charge in [0, 0.05) is 43.8 Å². The Balaban J connectivity index is 1.13. The number of hydrogen-bond donors (Lipinski definition) is 0. The number of rotatable bonds is 6. The lowest BCUT2D eigenvalue weighted by molar-refractivity contribution is 0.592. The SMILES string of the molecule is O=P(c1ccccc1)(c1ccccc1)c1ccc(-c2c3ccccc3c(-c3ccc4c(c3)nc(-c3ccccc3)c3ncc5ccccc5c34)c3ccccc23)cc1. The summed E-state index contributed by atoms with van der Waals surface area (Å²) in [7, 11) is -3.11. The van der Waals surface area contributed by atoms with Gasteiger partial charge >= 0.3 is 0 Å². The highest BCUT2D eigenvalue weighted by Crippen LogP contribution is 2.46. The third kappa shape index (κ3) is 5.39. The zero-order chi connectivity index (χ0) is 38.6. The topological polar surface area (TPSA) is 42.9 Å². The van der Waals surface area contributed by atoms with Gasteiger partial charge in [-0.15, -0.1) is 0 Å². The molecule has 0 fully saturated rings. The minimum Gasteiger partial charge on any atom is -0.309 e. The normalized spacial score (nSPS) is 11.9. The second kappa shape index (κ2) is 13.8. The molecule has 58 heavy (non-hydrogen) atoms. The molecule has 0 spiro atoms. The van der Waals surface area contributed by atoms with Crippen molar-refractivity contribution < 1.29 is 4.57 Å². The van der Waals surface area contributed by atoms with E-state index in [1.54, 1.807) is 0 Å². The summed E-state index contributed by atoms with van der Waals surface area (Å²) >= 11 is 0. The van der Waals surface area contributed by atoms with Gasteiger partial charge in [0.15, 0.2) is 7.14 Å². The Morgan fingerprint density at radius 2 is 0.845 bits per heavy atom. The molecule has 0 unspecified atom stereocenters. The monoisotopic (exact) mass is 758 g/mol. The molecular weight excluding hydrogens is 724 g/mol. The van der Waals surface area contributed by atoms with Crippen LogP contribution in [-0.4, -0.2) is 9.97 Å². The number of fused-ring (bicyclic) bond motifs is 7. The van der Waals surface area contributed by atoms with Gasteiger partial charge in [-0.25, -0.2) is 4.98 Å². The van der Waals surface area contributed by atoms with E-state index in [0.717, 1.165) is 92.6 Å². The van der Waals surface area contributed by atoms with Crippen molar-refractivity contribution in [3.63, 3.8) is 0 Å². The third-order valence-electron chi connectivity index (χ3n) is 11.5. The first-order chi connectivity index (χ1) is 28.7. The number of pyridine rings is 2. The molecule has 2 heterocycles. The molecule has 0 amide bonds.